The number of carboxylic acid groups (broad SMARTS) is 1. The summed E-state index contributed by atoms with van der Waals surface area (Å²) in [5, 5.41) is 12.6. The maximum atomic E-state index is 12.6. The van der Waals surface area contributed by atoms with Gasteiger partial charge in [0.1, 0.15) is 5.75 Å². The van der Waals surface area contributed by atoms with Crippen molar-refractivity contribution < 1.29 is 32.6 Å². The summed E-state index contributed by atoms with van der Waals surface area (Å²) in [6.45, 7) is 0.533. The van der Waals surface area contributed by atoms with Crippen molar-refractivity contribution in [3.8, 4) is 16.9 Å². The van der Waals surface area contributed by atoms with Gasteiger partial charge in [0.25, 0.3) is 5.78 Å². The van der Waals surface area contributed by atoms with Crippen molar-refractivity contribution in [3.63, 3.8) is 0 Å². The fraction of sp³-hybridized carbons (Fsp3) is 0.417. The molecule has 3 rings (SSSR count). The number of ether oxygens (including phenoxy) is 1. The molecule has 0 heterocycles. The van der Waals surface area contributed by atoms with Gasteiger partial charge in [-0.05, 0) is 48.9 Å². The second-order valence-corrected chi connectivity index (χ2v) is 8.21. The number of rotatable bonds is 7. The number of hydrogen-bond acceptors (Lipinski definition) is 4. The molecule has 2 aromatic carbocycles. The zero-order chi connectivity index (χ0) is 24.2. The van der Waals surface area contributed by atoms with Gasteiger partial charge < -0.3 is 20.1 Å². The third kappa shape index (κ3) is 6.04. The Bertz CT molecular complexity index is 984. The number of alkyl halides is 3. The molecule has 0 spiro atoms. The number of hydrogen-bond donors (Lipinski definition) is 2. The predicted octanol–water partition coefficient (Wildman–Crippen LogP) is 5.12. The predicted molar refractivity (Wildman–Crippen MR) is 117 cm³/mol. The van der Waals surface area contributed by atoms with Crippen molar-refractivity contribution >= 4 is 11.9 Å². The van der Waals surface area contributed by atoms with Crippen LogP contribution in [0.2, 0.25) is 0 Å². The molecular weight excluding hydrogens is 437 g/mol. The van der Waals surface area contributed by atoms with Gasteiger partial charge >= 0.3 is 12.3 Å². The average molecular weight is 464 g/mol. The summed E-state index contributed by atoms with van der Waals surface area (Å²) in [4.78, 5) is 23.9. The Labute approximate surface area is 190 Å². The van der Waals surface area contributed by atoms with Crippen molar-refractivity contribution in [2.45, 2.75) is 50.5 Å². The highest BCUT2D eigenvalue weighted by molar-refractivity contribution is 6.00. The van der Waals surface area contributed by atoms with Gasteiger partial charge in [0, 0.05) is 36.8 Å². The molecule has 0 unspecified atom stereocenters. The molecule has 178 valence electrons. The lowest BCUT2D eigenvalue weighted by Gasteiger charge is -2.33. The third-order valence-corrected chi connectivity index (χ3v) is 6.15. The molecule has 2 N–H and O–H groups in total. The van der Waals surface area contributed by atoms with Gasteiger partial charge in [0.05, 0.1) is 7.11 Å². The van der Waals surface area contributed by atoms with Gasteiger partial charge in [-0.1, -0.05) is 30.3 Å². The van der Waals surface area contributed by atoms with E-state index in [0.29, 0.717) is 17.9 Å². The summed E-state index contributed by atoms with van der Waals surface area (Å²) in [5.74, 6) is -1.17. The molecule has 1 amide bonds. The number of nitrogens with zero attached hydrogens (tertiary/aromatic N) is 1. The van der Waals surface area contributed by atoms with Crippen LogP contribution in [-0.4, -0.2) is 54.3 Å². The van der Waals surface area contributed by atoms with E-state index in [1.54, 1.807) is 20.2 Å². The Kier molecular flexibility index (Phi) is 7.63. The summed E-state index contributed by atoms with van der Waals surface area (Å²) in [5.41, 5.74) is 1.99. The first-order valence-electron chi connectivity index (χ1n) is 10.7. The van der Waals surface area contributed by atoms with Crippen LogP contribution in [-0.2, 0) is 6.54 Å². The Balaban J connectivity index is 1.67. The second kappa shape index (κ2) is 10.2. The van der Waals surface area contributed by atoms with Crippen LogP contribution in [0.1, 0.15) is 41.6 Å². The summed E-state index contributed by atoms with van der Waals surface area (Å²) < 4.78 is 43.3. The maximum absolute atomic E-state index is 12.6. The minimum atomic E-state index is -4.90. The fourth-order valence-corrected chi connectivity index (χ4v) is 4.15. The van der Waals surface area contributed by atoms with Gasteiger partial charge in [0.2, 0.25) is 0 Å². The van der Waals surface area contributed by atoms with E-state index in [-0.39, 0.29) is 12.1 Å². The smallest absolute Gasteiger partial charge is 0.454 e. The van der Waals surface area contributed by atoms with E-state index in [1.165, 1.54) is 29.2 Å². The minimum Gasteiger partial charge on any atom is -0.496 e. The lowest BCUT2D eigenvalue weighted by atomic mass is 9.90. The zero-order valence-corrected chi connectivity index (χ0v) is 18.5. The van der Waals surface area contributed by atoms with Crippen LogP contribution in [0.25, 0.3) is 11.1 Å². The topological polar surface area (TPSA) is 78.9 Å². The molecule has 0 radical (unpaired) electrons. The molecule has 1 aliphatic carbocycles. The highest BCUT2D eigenvalue weighted by Crippen LogP contribution is 2.29. The van der Waals surface area contributed by atoms with Crippen molar-refractivity contribution in [2.75, 3.05) is 14.2 Å². The van der Waals surface area contributed by atoms with Crippen LogP contribution in [0.15, 0.2) is 42.5 Å². The molecular formula is C24H27F3N2O4. The number of ketones is 1. The zero-order valence-electron chi connectivity index (χ0n) is 18.5. The van der Waals surface area contributed by atoms with Crippen LogP contribution < -0.4 is 10.1 Å². The summed E-state index contributed by atoms with van der Waals surface area (Å²) in [6, 6.07) is 11.2. The van der Waals surface area contributed by atoms with E-state index in [9.17, 15) is 22.8 Å². The second-order valence-electron chi connectivity index (χ2n) is 8.21. The molecule has 1 saturated carbocycles. The number of nitrogens with one attached hydrogen (secondary N) is 1. The highest BCUT2D eigenvalue weighted by atomic mass is 19.4. The Morgan fingerprint density at radius 1 is 1.06 bits per heavy atom. The minimum absolute atomic E-state index is 0.0330. The number of carbonyl (C=O) groups is 2. The number of Topliss-reactive ketones (excluding diaryl/α,β-unsaturated/α-hetero) is 1. The number of benzene rings is 2. The average Bonchev–Trinajstić information content (AvgIpc) is 2.81. The molecule has 0 saturated heterocycles. The van der Waals surface area contributed by atoms with Crippen LogP contribution >= 0.6 is 0 Å². The number of methoxy groups -OCH3 is 1. The van der Waals surface area contributed by atoms with Crippen LogP contribution in [0.3, 0.4) is 0 Å². The Morgan fingerprint density at radius 2 is 1.67 bits per heavy atom. The Hall–Kier alpha value is -3.07. The van der Waals surface area contributed by atoms with Gasteiger partial charge in [-0.15, -0.1) is 0 Å². The van der Waals surface area contributed by atoms with Crippen molar-refractivity contribution in [2.24, 2.45) is 0 Å². The first-order valence-corrected chi connectivity index (χ1v) is 10.7. The SMILES string of the molecule is COc1ccc(-c2ccc(C(=O)C(F)(F)F)cc2)cc1CNC1CCC(N(C)C(=O)O)CC1. The normalized spacial score (nSPS) is 18.6. The molecule has 2 aromatic rings. The monoisotopic (exact) mass is 464 g/mol. The number of carbonyl (C=O) groups excluding carboxylic acids is 1. The first kappa shape index (κ1) is 24.6. The molecule has 6 nitrogen and oxygen atoms in total. The first-order chi connectivity index (χ1) is 15.6. The summed E-state index contributed by atoms with van der Waals surface area (Å²) in [6.07, 6.45) is -2.51. The van der Waals surface area contributed by atoms with Gasteiger partial charge in [0.15, 0.2) is 0 Å². The Morgan fingerprint density at radius 3 is 2.21 bits per heavy atom. The quantitative estimate of drug-likeness (QED) is 0.557. The lowest BCUT2D eigenvalue weighted by molar-refractivity contribution is -0.0885. The van der Waals surface area contributed by atoms with Crippen LogP contribution in [0.5, 0.6) is 5.75 Å². The summed E-state index contributed by atoms with van der Waals surface area (Å²) >= 11 is 0. The lowest BCUT2D eigenvalue weighted by Crippen LogP contribution is -2.42. The molecule has 0 bridgehead atoms. The van der Waals surface area contributed by atoms with Crippen LogP contribution in [0.4, 0.5) is 18.0 Å². The molecule has 0 aliphatic heterocycles. The van der Waals surface area contributed by atoms with Gasteiger partial charge in [-0.3, -0.25) is 4.79 Å². The molecule has 0 atom stereocenters. The molecule has 0 aromatic heterocycles. The van der Waals surface area contributed by atoms with E-state index in [0.717, 1.165) is 36.8 Å². The van der Waals surface area contributed by atoms with Gasteiger partial charge in [-0.2, -0.15) is 13.2 Å². The van der Waals surface area contributed by atoms with E-state index in [2.05, 4.69) is 5.32 Å². The van der Waals surface area contributed by atoms with Gasteiger partial charge in [-0.25, -0.2) is 4.79 Å². The molecule has 1 aliphatic rings. The van der Waals surface area contributed by atoms with E-state index < -0.39 is 23.6 Å². The summed E-state index contributed by atoms with van der Waals surface area (Å²) in [7, 11) is 3.17. The van der Waals surface area contributed by atoms with Crippen molar-refractivity contribution in [1.29, 1.82) is 0 Å². The third-order valence-electron chi connectivity index (χ3n) is 6.15. The maximum Gasteiger partial charge on any atom is 0.454 e. The van der Waals surface area contributed by atoms with E-state index in [4.69, 9.17) is 9.84 Å². The van der Waals surface area contributed by atoms with E-state index in [1.807, 2.05) is 12.1 Å². The fourth-order valence-electron chi connectivity index (χ4n) is 4.15. The highest BCUT2D eigenvalue weighted by Gasteiger charge is 2.39. The largest absolute Gasteiger partial charge is 0.496 e. The molecule has 9 heteroatoms. The van der Waals surface area contributed by atoms with Crippen molar-refractivity contribution in [3.05, 3.63) is 53.6 Å². The number of amides is 1. The van der Waals surface area contributed by atoms with Crippen molar-refractivity contribution in [1.82, 2.24) is 10.2 Å². The van der Waals surface area contributed by atoms with Crippen LogP contribution in [0, 0.1) is 0 Å². The molecule has 1 fully saturated rings. The standard InChI is InChI=1S/C24H27F3N2O4/c1-29(23(31)32)20-10-8-19(9-11-20)28-14-18-13-17(7-12-21(18)33-2)15-3-5-16(6-4-15)22(30)24(25,26)27/h3-7,12-13,19-20,28H,8-11,14H2,1-2H3,(H,31,32). The number of halogens is 3. The molecule has 33 heavy (non-hydrogen) atoms. The van der Waals surface area contributed by atoms with E-state index >= 15 is 0 Å².